The number of carbonyl (C=O) groups excluding carboxylic acids is 1. The van der Waals surface area contributed by atoms with Crippen LogP contribution in [-0.4, -0.2) is 67.7 Å². The molecule has 10 nitrogen and oxygen atoms in total. The van der Waals surface area contributed by atoms with E-state index in [9.17, 15) is 13.2 Å². The molecule has 1 atom stereocenters. The van der Waals surface area contributed by atoms with E-state index in [-0.39, 0.29) is 23.5 Å². The fraction of sp³-hybridized carbons (Fsp3) is 0.348. The second-order valence-corrected chi connectivity index (χ2v) is 10.6. The van der Waals surface area contributed by atoms with Gasteiger partial charge in [0, 0.05) is 38.3 Å². The van der Waals surface area contributed by atoms with Crippen molar-refractivity contribution in [2.24, 2.45) is 0 Å². The van der Waals surface area contributed by atoms with Crippen LogP contribution in [0.1, 0.15) is 35.0 Å². The van der Waals surface area contributed by atoms with Crippen molar-refractivity contribution in [3.8, 4) is 23.0 Å². The maximum absolute atomic E-state index is 13.1. The highest BCUT2D eigenvalue weighted by Crippen LogP contribution is 2.36. The number of likely N-dealkylation sites (tertiary alicyclic amines) is 1. The summed E-state index contributed by atoms with van der Waals surface area (Å²) in [4.78, 5) is 15.0. The smallest absolute Gasteiger partial charge is 0.253 e. The van der Waals surface area contributed by atoms with Crippen LogP contribution in [0.2, 0.25) is 0 Å². The second kappa shape index (κ2) is 8.73. The molecule has 3 aromatic rings. The van der Waals surface area contributed by atoms with Crippen molar-refractivity contribution >= 4 is 15.9 Å². The summed E-state index contributed by atoms with van der Waals surface area (Å²) in [5, 5.41) is 8.42. The number of aromatic nitrogens is 2. The summed E-state index contributed by atoms with van der Waals surface area (Å²) in [5.74, 6) is 1.94. The minimum atomic E-state index is -3.55. The maximum Gasteiger partial charge on any atom is 0.253 e. The van der Waals surface area contributed by atoms with Crippen LogP contribution in [0.5, 0.6) is 11.5 Å². The lowest BCUT2D eigenvalue weighted by Gasteiger charge is -2.31. The summed E-state index contributed by atoms with van der Waals surface area (Å²) in [6.45, 7) is 1.24. The lowest BCUT2D eigenvalue weighted by molar-refractivity contribution is 0.0698. The molecule has 34 heavy (non-hydrogen) atoms. The number of benzene rings is 2. The molecule has 1 saturated heterocycles. The van der Waals surface area contributed by atoms with E-state index in [1.54, 1.807) is 29.2 Å². The molecular formula is C23H24N4O6S. The summed E-state index contributed by atoms with van der Waals surface area (Å²) >= 11 is 0. The molecule has 2 aliphatic heterocycles. The second-order valence-electron chi connectivity index (χ2n) is 8.42. The van der Waals surface area contributed by atoms with Crippen molar-refractivity contribution in [2.75, 3.05) is 34.0 Å². The van der Waals surface area contributed by atoms with Gasteiger partial charge in [-0.05, 0) is 55.3 Å². The summed E-state index contributed by atoms with van der Waals surface area (Å²) in [6, 6.07) is 11.5. The Kier molecular flexibility index (Phi) is 5.74. The first-order chi connectivity index (χ1) is 16.3. The number of sulfonamides is 1. The van der Waals surface area contributed by atoms with Crippen LogP contribution >= 0.6 is 0 Å². The van der Waals surface area contributed by atoms with Gasteiger partial charge in [-0.2, -0.15) is 0 Å². The molecule has 1 aromatic heterocycles. The minimum Gasteiger partial charge on any atom is -0.454 e. The molecular weight excluding hydrogens is 460 g/mol. The molecule has 178 valence electrons. The first-order valence-corrected chi connectivity index (χ1v) is 12.3. The Labute approximate surface area is 197 Å². The van der Waals surface area contributed by atoms with E-state index in [0.29, 0.717) is 41.9 Å². The third-order valence-corrected chi connectivity index (χ3v) is 7.83. The topological polar surface area (TPSA) is 115 Å². The quantitative estimate of drug-likeness (QED) is 0.543. The Hall–Kier alpha value is -3.44. The number of carbonyl (C=O) groups is 1. The average Bonchev–Trinajstić information content (AvgIpc) is 3.53. The normalized spacial score (nSPS) is 17.9. The number of amides is 1. The molecule has 0 spiro atoms. The van der Waals surface area contributed by atoms with E-state index >= 15 is 0 Å². The predicted octanol–water partition coefficient (Wildman–Crippen LogP) is 2.74. The molecule has 3 heterocycles. The van der Waals surface area contributed by atoms with Crippen LogP contribution in [0.15, 0.2) is 51.8 Å². The number of fused-ring (bicyclic) bond motifs is 1. The molecule has 1 unspecified atom stereocenters. The van der Waals surface area contributed by atoms with Gasteiger partial charge >= 0.3 is 0 Å². The Balaban J connectivity index is 1.29. The molecule has 0 N–H and O–H groups in total. The standard InChI is InChI=1S/C23H24N4O6S/c1-26(2)34(29,30)18-8-5-15(6-9-18)23(28)27-11-3-4-17(13-27)22-25-24-21(33-22)16-7-10-19-20(12-16)32-14-31-19/h5-10,12,17H,3-4,11,13-14H2,1-2H3. The van der Waals surface area contributed by atoms with Gasteiger partial charge in [-0.1, -0.05) is 0 Å². The van der Waals surface area contributed by atoms with Gasteiger partial charge in [-0.3, -0.25) is 4.79 Å². The molecule has 5 rings (SSSR count). The van der Waals surface area contributed by atoms with Crippen LogP contribution in [0, 0.1) is 0 Å². The summed E-state index contributed by atoms with van der Waals surface area (Å²) in [7, 11) is -0.607. The van der Waals surface area contributed by atoms with Gasteiger partial charge in [0.15, 0.2) is 11.5 Å². The monoisotopic (exact) mass is 484 g/mol. The number of nitrogens with zero attached hydrogens (tertiary/aromatic N) is 4. The summed E-state index contributed by atoms with van der Waals surface area (Å²) in [5.41, 5.74) is 1.17. The Morgan fingerprint density at radius 2 is 1.82 bits per heavy atom. The predicted molar refractivity (Wildman–Crippen MR) is 121 cm³/mol. The van der Waals surface area contributed by atoms with Crippen molar-refractivity contribution < 1.29 is 27.1 Å². The zero-order chi connectivity index (χ0) is 23.9. The van der Waals surface area contributed by atoms with E-state index in [4.69, 9.17) is 13.9 Å². The zero-order valence-electron chi connectivity index (χ0n) is 18.8. The Morgan fingerprint density at radius 1 is 1.06 bits per heavy atom. The molecule has 0 saturated carbocycles. The van der Waals surface area contributed by atoms with Crippen molar-refractivity contribution in [2.45, 2.75) is 23.7 Å². The first kappa shape index (κ1) is 22.4. The number of hydrogen-bond acceptors (Lipinski definition) is 8. The fourth-order valence-corrected chi connectivity index (χ4v) is 4.97. The van der Waals surface area contributed by atoms with E-state index in [1.807, 2.05) is 6.07 Å². The number of rotatable bonds is 5. The number of ether oxygens (including phenoxy) is 2. The average molecular weight is 485 g/mol. The van der Waals surface area contributed by atoms with E-state index in [0.717, 1.165) is 22.7 Å². The molecule has 2 aliphatic rings. The van der Waals surface area contributed by atoms with Crippen molar-refractivity contribution in [3.05, 3.63) is 53.9 Å². The van der Waals surface area contributed by atoms with Gasteiger partial charge in [0.2, 0.25) is 28.6 Å². The van der Waals surface area contributed by atoms with Crippen LogP contribution in [0.25, 0.3) is 11.5 Å². The highest BCUT2D eigenvalue weighted by atomic mass is 32.2. The molecule has 0 bridgehead atoms. The van der Waals surface area contributed by atoms with Crippen molar-refractivity contribution in [1.82, 2.24) is 19.4 Å². The minimum absolute atomic E-state index is 0.0821. The molecule has 2 aromatic carbocycles. The van der Waals surface area contributed by atoms with Crippen molar-refractivity contribution in [3.63, 3.8) is 0 Å². The van der Waals surface area contributed by atoms with E-state index in [2.05, 4.69) is 10.2 Å². The zero-order valence-corrected chi connectivity index (χ0v) is 19.6. The summed E-state index contributed by atoms with van der Waals surface area (Å²) in [6.07, 6.45) is 1.62. The Morgan fingerprint density at radius 3 is 2.59 bits per heavy atom. The third kappa shape index (κ3) is 4.12. The van der Waals surface area contributed by atoms with Gasteiger partial charge < -0.3 is 18.8 Å². The van der Waals surface area contributed by atoms with Crippen LogP contribution in [0.3, 0.4) is 0 Å². The van der Waals surface area contributed by atoms with E-state index in [1.165, 1.54) is 26.2 Å². The molecule has 11 heteroatoms. The van der Waals surface area contributed by atoms with Crippen LogP contribution in [0.4, 0.5) is 0 Å². The highest BCUT2D eigenvalue weighted by molar-refractivity contribution is 7.89. The number of hydrogen-bond donors (Lipinski definition) is 0. The Bertz CT molecular complexity index is 1320. The van der Waals surface area contributed by atoms with Gasteiger partial charge in [0.1, 0.15) is 0 Å². The van der Waals surface area contributed by atoms with Crippen molar-refractivity contribution in [1.29, 1.82) is 0 Å². The SMILES string of the molecule is CN(C)S(=O)(=O)c1ccc(C(=O)N2CCCC(c3nnc(-c4ccc5c(c4)OCO5)o3)C2)cc1. The molecule has 1 amide bonds. The van der Waals surface area contributed by atoms with E-state index < -0.39 is 10.0 Å². The molecule has 1 fully saturated rings. The fourth-order valence-electron chi connectivity index (χ4n) is 4.07. The van der Waals surface area contributed by atoms with Crippen LogP contribution in [-0.2, 0) is 10.0 Å². The highest BCUT2D eigenvalue weighted by Gasteiger charge is 2.29. The van der Waals surface area contributed by atoms with Gasteiger partial charge in [-0.15, -0.1) is 10.2 Å². The lowest BCUT2D eigenvalue weighted by Crippen LogP contribution is -2.39. The maximum atomic E-state index is 13.1. The number of piperidine rings is 1. The largest absolute Gasteiger partial charge is 0.454 e. The lowest BCUT2D eigenvalue weighted by atomic mass is 9.97. The molecule has 0 radical (unpaired) electrons. The van der Waals surface area contributed by atoms with Gasteiger partial charge in [0.25, 0.3) is 5.91 Å². The first-order valence-electron chi connectivity index (χ1n) is 10.9. The van der Waals surface area contributed by atoms with Gasteiger partial charge in [-0.25, -0.2) is 12.7 Å². The summed E-state index contributed by atoms with van der Waals surface area (Å²) < 4.78 is 42.4. The molecule has 0 aliphatic carbocycles. The third-order valence-electron chi connectivity index (χ3n) is 6.00. The van der Waals surface area contributed by atoms with Crippen LogP contribution < -0.4 is 9.47 Å². The van der Waals surface area contributed by atoms with Gasteiger partial charge in [0.05, 0.1) is 10.8 Å².